The maximum Gasteiger partial charge on any atom is 0.223 e. The van der Waals surface area contributed by atoms with E-state index in [1.165, 1.54) is 12.8 Å². The standard InChI is InChI=1S/C14H17N3/c1-14(2,11-7-8-11)17-13-15-9-10-5-3-4-6-12(10)16-13/h3-6,9,11H,7-8H2,1-2H3,(H,15,16,17). The van der Waals surface area contributed by atoms with Crippen molar-refractivity contribution in [2.24, 2.45) is 5.92 Å². The second-order valence-electron chi connectivity index (χ2n) is 5.37. The van der Waals surface area contributed by atoms with Crippen molar-refractivity contribution in [3.8, 4) is 0 Å². The smallest absolute Gasteiger partial charge is 0.223 e. The maximum atomic E-state index is 4.55. The molecule has 0 atom stereocenters. The van der Waals surface area contributed by atoms with Crippen LogP contribution in [0.4, 0.5) is 5.95 Å². The molecule has 1 aliphatic carbocycles. The van der Waals surface area contributed by atoms with Gasteiger partial charge in [0.1, 0.15) is 0 Å². The second-order valence-corrected chi connectivity index (χ2v) is 5.37. The summed E-state index contributed by atoms with van der Waals surface area (Å²) in [5.41, 5.74) is 1.10. The summed E-state index contributed by atoms with van der Waals surface area (Å²) in [7, 11) is 0. The number of para-hydroxylation sites is 1. The van der Waals surface area contributed by atoms with Crippen LogP contribution in [0.15, 0.2) is 30.5 Å². The molecule has 0 aliphatic heterocycles. The first kappa shape index (κ1) is 10.5. The zero-order valence-corrected chi connectivity index (χ0v) is 10.3. The molecule has 3 heteroatoms. The van der Waals surface area contributed by atoms with Gasteiger partial charge in [-0.3, -0.25) is 0 Å². The fraction of sp³-hybridized carbons (Fsp3) is 0.429. The van der Waals surface area contributed by atoms with Gasteiger partial charge in [0.05, 0.1) is 5.52 Å². The Bertz CT molecular complexity index is 544. The lowest BCUT2D eigenvalue weighted by molar-refractivity contribution is 0.490. The molecule has 1 fully saturated rings. The van der Waals surface area contributed by atoms with E-state index in [1.807, 2.05) is 30.5 Å². The van der Waals surface area contributed by atoms with Gasteiger partial charge in [-0.1, -0.05) is 18.2 Å². The van der Waals surface area contributed by atoms with E-state index < -0.39 is 0 Å². The molecule has 0 saturated heterocycles. The molecular formula is C14H17N3. The quantitative estimate of drug-likeness (QED) is 0.874. The Balaban J connectivity index is 1.90. The Hall–Kier alpha value is -1.64. The monoisotopic (exact) mass is 227 g/mol. The summed E-state index contributed by atoms with van der Waals surface area (Å²) >= 11 is 0. The second kappa shape index (κ2) is 3.69. The molecule has 0 unspecified atom stereocenters. The summed E-state index contributed by atoms with van der Waals surface area (Å²) in [6, 6.07) is 8.07. The van der Waals surface area contributed by atoms with E-state index in [2.05, 4.69) is 29.1 Å². The SMILES string of the molecule is CC(C)(Nc1ncc2ccccc2n1)C1CC1. The highest BCUT2D eigenvalue weighted by molar-refractivity contribution is 5.78. The molecule has 0 amide bonds. The molecule has 3 nitrogen and oxygen atoms in total. The number of nitrogens with one attached hydrogen (secondary N) is 1. The Kier molecular flexibility index (Phi) is 2.28. The minimum atomic E-state index is 0.0997. The van der Waals surface area contributed by atoms with Gasteiger partial charge in [-0.2, -0.15) is 0 Å². The lowest BCUT2D eigenvalue weighted by Gasteiger charge is -2.26. The number of fused-ring (bicyclic) bond motifs is 1. The van der Waals surface area contributed by atoms with Gasteiger partial charge in [0, 0.05) is 17.1 Å². The molecule has 1 heterocycles. The molecule has 0 bridgehead atoms. The van der Waals surface area contributed by atoms with Crippen molar-refractivity contribution < 1.29 is 0 Å². The fourth-order valence-electron chi connectivity index (χ4n) is 2.23. The molecule has 0 spiro atoms. The van der Waals surface area contributed by atoms with Crippen molar-refractivity contribution in [1.29, 1.82) is 0 Å². The topological polar surface area (TPSA) is 37.8 Å². The molecule has 1 aliphatic rings. The van der Waals surface area contributed by atoms with Gasteiger partial charge < -0.3 is 5.32 Å². The highest BCUT2D eigenvalue weighted by Gasteiger charge is 2.38. The zero-order valence-electron chi connectivity index (χ0n) is 10.3. The largest absolute Gasteiger partial charge is 0.349 e. The van der Waals surface area contributed by atoms with Crippen LogP contribution in [0.3, 0.4) is 0 Å². The van der Waals surface area contributed by atoms with E-state index in [9.17, 15) is 0 Å². The van der Waals surface area contributed by atoms with Crippen LogP contribution < -0.4 is 5.32 Å². The Morgan fingerprint density at radius 1 is 1.24 bits per heavy atom. The summed E-state index contributed by atoms with van der Waals surface area (Å²) in [5.74, 6) is 1.50. The number of aromatic nitrogens is 2. The van der Waals surface area contributed by atoms with Gasteiger partial charge in [-0.05, 0) is 38.7 Å². The first-order valence-electron chi connectivity index (χ1n) is 6.15. The lowest BCUT2D eigenvalue weighted by atomic mass is 9.99. The van der Waals surface area contributed by atoms with Gasteiger partial charge >= 0.3 is 0 Å². The van der Waals surface area contributed by atoms with Crippen LogP contribution in [-0.4, -0.2) is 15.5 Å². The highest BCUT2D eigenvalue weighted by atomic mass is 15.1. The lowest BCUT2D eigenvalue weighted by Crippen LogP contribution is -2.34. The molecule has 1 N–H and O–H groups in total. The number of anilines is 1. The minimum absolute atomic E-state index is 0.0997. The van der Waals surface area contributed by atoms with Gasteiger partial charge in [-0.15, -0.1) is 0 Å². The van der Waals surface area contributed by atoms with Crippen molar-refractivity contribution >= 4 is 16.9 Å². The maximum absolute atomic E-state index is 4.55. The predicted molar refractivity (Wildman–Crippen MR) is 70.0 cm³/mol. The average Bonchev–Trinajstić information content (AvgIpc) is 3.12. The van der Waals surface area contributed by atoms with E-state index in [4.69, 9.17) is 0 Å². The van der Waals surface area contributed by atoms with Crippen LogP contribution in [0.1, 0.15) is 26.7 Å². The van der Waals surface area contributed by atoms with E-state index >= 15 is 0 Å². The summed E-state index contributed by atoms with van der Waals surface area (Å²) in [6.07, 6.45) is 4.51. The Morgan fingerprint density at radius 2 is 2.00 bits per heavy atom. The van der Waals surface area contributed by atoms with Crippen LogP contribution in [0.2, 0.25) is 0 Å². The summed E-state index contributed by atoms with van der Waals surface area (Å²) < 4.78 is 0. The van der Waals surface area contributed by atoms with E-state index in [0.29, 0.717) is 0 Å². The molecule has 1 aromatic heterocycles. The van der Waals surface area contributed by atoms with Crippen molar-refractivity contribution in [2.75, 3.05) is 5.32 Å². The molecule has 88 valence electrons. The first-order chi connectivity index (χ1) is 8.15. The van der Waals surface area contributed by atoms with E-state index in [0.717, 1.165) is 22.8 Å². The number of hydrogen-bond acceptors (Lipinski definition) is 3. The predicted octanol–water partition coefficient (Wildman–Crippen LogP) is 3.23. The molecule has 2 aromatic rings. The van der Waals surface area contributed by atoms with Crippen molar-refractivity contribution in [3.05, 3.63) is 30.5 Å². The van der Waals surface area contributed by atoms with Gasteiger partial charge in [0.25, 0.3) is 0 Å². The van der Waals surface area contributed by atoms with Crippen molar-refractivity contribution in [3.63, 3.8) is 0 Å². The van der Waals surface area contributed by atoms with Gasteiger partial charge in [0.2, 0.25) is 5.95 Å². The molecule has 1 saturated carbocycles. The van der Waals surface area contributed by atoms with Gasteiger partial charge in [-0.25, -0.2) is 9.97 Å². The van der Waals surface area contributed by atoms with E-state index in [1.54, 1.807) is 0 Å². The molecule has 1 aromatic carbocycles. The number of hydrogen-bond donors (Lipinski definition) is 1. The Morgan fingerprint density at radius 3 is 2.76 bits per heavy atom. The summed E-state index contributed by atoms with van der Waals surface area (Å²) in [4.78, 5) is 8.93. The van der Waals surface area contributed by atoms with E-state index in [-0.39, 0.29) is 5.54 Å². The molecule has 17 heavy (non-hydrogen) atoms. The third-order valence-electron chi connectivity index (χ3n) is 3.52. The van der Waals surface area contributed by atoms with Crippen molar-refractivity contribution in [2.45, 2.75) is 32.2 Å². The molecule has 0 radical (unpaired) electrons. The third-order valence-corrected chi connectivity index (χ3v) is 3.52. The first-order valence-corrected chi connectivity index (χ1v) is 6.15. The van der Waals surface area contributed by atoms with Crippen LogP contribution in [0.5, 0.6) is 0 Å². The summed E-state index contributed by atoms with van der Waals surface area (Å²) in [6.45, 7) is 4.45. The number of nitrogens with zero attached hydrogens (tertiary/aromatic N) is 2. The van der Waals surface area contributed by atoms with Crippen LogP contribution >= 0.6 is 0 Å². The normalized spacial score (nSPS) is 16.1. The minimum Gasteiger partial charge on any atom is -0.349 e. The third kappa shape index (κ3) is 2.09. The molecule has 3 rings (SSSR count). The van der Waals surface area contributed by atoms with Crippen LogP contribution in [-0.2, 0) is 0 Å². The highest BCUT2D eigenvalue weighted by Crippen LogP contribution is 2.40. The number of rotatable bonds is 3. The van der Waals surface area contributed by atoms with Crippen LogP contribution in [0, 0.1) is 5.92 Å². The number of benzene rings is 1. The zero-order chi connectivity index (χ0) is 11.9. The summed E-state index contributed by atoms with van der Waals surface area (Å²) in [5, 5.41) is 4.54. The van der Waals surface area contributed by atoms with Crippen molar-refractivity contribution in [1.82, 2.24) is 9.97 Å². The van der Waals surface area contributed by atoms with Gasteiger partial charge in [0.15, 0.2) is 0 Å². The Labute approximate surface area is 101 Å². The molecular weight excluding hydrogens is 210 g/mol. The fourth-order valence-corrected chi connectivity index (χ4v) is 2.23. The average molecular weight is 227 g/mol. The van der Waals surface area contributed by atoms with Crippen LogP contribution in [0.25, 0.3) is 10.9 Å².